The fraction of sp³-hybridized carbons (Fsp3) is 0.360. The van der Waals surface area contributed by atoms with Crippen LogP contribution in [0.3, 0.4) is 0 Å². The molecule has 0 saturated heterocycles. The van der Waals surface area contributed by atoms with Crippen LogP contribution in [0.2, 0.25) is 0 Å². The van der Waals surface area contributed by atoms with E-state index < -0.39 is 11.7 Å². The van der Waals surface area contributed by atoms with Crippen LogP contribution in [-0.2, 0) is 12.6 Å². The van der Waals surface area contributed by atoms with Crippen molar-refractivity contribution >= 4 is 23.1 Å². The molecule has 1 heterocycles. The van der Waals surface area contributed by atoms with E-state index in [4.69, 9.17) is 4.74 Å². The van der Waals surface area contributed by atoms with Gasteiger partial charge in [-0.3, -0.25) is 0 Å². The monoisotopic (exact) mass is 458 g/mol. The Morgan fingerprint density at radius 3 is 2.39 bits per heavy atom. The number of benzene rings is 2. The van der Waals surface area contributed by atoms with Gasteiger partial charge < -0.3 is 15.4 Å². The Kier molecular flexibility index (Phi) is 8.52. The summed E-state index contributed by atoms with van der Waals surface area (Å²) in [5.41, 5.74) is 1.35. The molecule has 1 aromatic heterocycles. The minimum absolute atomic E-state index is 0.0677. The Balaban J connectivity index is 1.77. The highest BCUT2D eigenvalue weighted by Gasteiger charge is 2.35. The molecule has 176 valence electrons. The summed E-state index contributed by atoms with van der Waals surface area (Å²) in [6.07, 6.45) is 1.39. The van der Waals surface area contributed by atoms with Gasteiger partial charge in [-0.05, 0) is 42.7 Å². The smallest absolute Gasteiger partial charge is 0.421 e. The predicted octanol–water partition coefficient (Wildman–Crippen LogP) is 7.50. The summed E-state index contributed by atoms with van der Waals surface area (Å²) in [6, 6.07) is 14.4. The molecule has 0 aliphatic rings. The fourth-order valence-corrected chi connectivity index (χ4v) is 3.22. The summed E-state index contributed by atoms with van der Waals surface area (Å²) in [5, 5.41) is 5.75. The number of nitrogens with zero attached hydrogens (tertiary/aromatic N) is 2. The molecule has 0 amide bonds. The zero-order valence-electron chi connectivity index (χ0n) is 18.9. The number of unbranched alkanes of at least 4 members (excludes halogenated alkanes) is 3. The van der Waals surface area contributed by atoms with E-state index in [0.29, 0.717) is 23.7 Å². The van der Waals surface area contributed by atoms with Crippen molar-refractivity contribution in [2.24, 2.45) is 0 Å². The van der Waals surface area contributed by atoms with E-state index in [1.807, 2.05) is 31.2 Å². The van der Waals surface area contributed by atoms with Gasteiger partial charge in [-0.1, -0.05) is 51.3 Å². The van der Waals surface area contributed by atoms with Crippen molar-refractivity contribution in [3.05, 3.63) is 65.9 Å². The first kappa shape index (κ1) is 24.4. The molecule has 2 N–H and O–H groups in total. The van der Waals surface area contributed by atoms with Crippen LogP contribution in [0.15, 0.2) is 54.7 Å². The van der Waals surface area contributed by atoms with Crippen molar-refractivity contribution in [1.82, 2.24) is 9.97 Å². The van der Waals surface area contributed by atoms with Gasteiger partial charge in [-0.15, -0.1) is 0 Å². The second-order valence-electron chi connectivity index (χ2n) is 7.69. The Morgan fingerprint density at radius 1 is 0.909 bits per heavy atom. The SMILES string of the molecule is CCCCCCOc1cccc(Nc2nc(Nc3ccc(CC)cc3)ncc2C(F)(F)F)c1. The maximum Gasteiger partial charge on any atom is 0.421 e. The topological polar surface area (TPSA) is 59.1 Å². The first-order valence-corrected chi connectivity index (χ1v) is 11.2. The Bertz CT molecular complexity index is 1020. The molecule has 0 atom stereocenters. The number of ether oxygens (including phenoxy) is 1. The van der Waals surface area contributed by atoms with Gasteiger partial charge >= 0.3 is 6.18 Å². The normalized spacial score (nSPS) is 11.3. The zero-order chi connectivity index (χ0) is 23.7. The van der Waals surface area contributed by atoms with Gasteiger partial charge in [0.2, 0.25) is 5.95 Å². The van der Waals surface area contributed by atoms with Crippen LogP contribution in [0.4, 0.5) is 36.3 Å². The van der Waals surface area contributed by atoms with Gasteiger partial charge in [-0.2, -0.15) is 18.2 Å². The molecule has 0 fully saturated rings. The fourth-order valence-electron chi connectivity index (χ4n) is 3.22. The molecule has 3 aromatic rings. The molecule has 2 aromatic carbocycles. The maximum absolute atomic E-state index is 13.6. The Morgan fingerprint density at radius 2 is 1.70 bits per heavy atom. The van der Waals surface area contributed by atoms with Gasteiger partial charge in [0.05, 0.1) is 6.61 Å². The summed E-state index contributed by atoms with van der Waals surface area (Å²) >= 11 is 0. The summed E-state index contributed by atoms with van der Waals surface area (Å²) < 4.78 is 46.5. The number of hydrogen-bond donors (Lipinski definition) is 2. The third kappa shape index (κ3) is 7.37. The molecule has 0 aliphatic heterocycles. The maximum atomic E-state index is 13.6. The number of anilines is 4. The highest BCUT2D eigenvalue weighted by atomic mass is 19.4. The zero-order valence-corrected chi connectivity index (χ0v) is 18.9. The number of alkyl halides is 3. The number of aryl methyl sites for hydroxylation is 1. The van der Waals surface area contributed by atoms with Gasteiger partial charge in [0, 0.05) is 23.6 Å². The lowest BCUT2D eigenvalue weighted by Gasteiger charge is -2.15. The molecule has 8 heteroatoms. The van der Waals surface area contributed by atoms with Crippen LogP contribution in [0.25, 0.3) is 0 Å². The second kappa shape index (κ2) is 11.5. The Hall–Kier alpha value is -3.29. The van der Waals surface area contributed by atoms with Crippen LogP contribution >= 0.6 is 0 Å². The van der Waals surface area contributed by atoms with Gasteiger partial charge in [0.15, 0.2) is 0 Å². The lowest BCUT2D eigenvalue weighted by molar-refractivity contribution is -0.137. The largest absolute Gasteiger partial charge is 0.494 e. The van der Waals surface area contributed by atoms with E-state index in [9.17, 15) is 13.2 Å². The van der Waals surface area contributed by atoms with Crippen molar-refractivity contribution in [2.45, 2.75) is 52.1 Å². The summed E-state index contributed by atoms with van der Waals surface area (Å²) in [7, 11) is 0. The van der Waals surface area contributed by atoms with Crippen LogP contribution in [0, 0.1) is 0 Å². The van der Waals surface area contributed by atoms with E-state index in [0.717, 1.165) is 43.9 Å². The molecular weight excluding hydrogens is 429 g/mol. The molecule has 0 unspecified atom stereocenters. The molecule has 0 radical (unpaired) electrons. The quantitative estimate of drug-likeness (QED) is 0.291. The van der Waals surface area contributed by atoms with Crippen LogP contribution < -0.4 is 15.4 Å². The molecular formula is C25H29F3N4O. The van der Waals surface area contributed by atoms with Crippen molar-refractivity contribution in [3.63, 3.8) is 0 Å². The number of aromatic nitrogens is 2. The van der Waals surface area contributed by atoms with Crippen molar-refractivity contribution < 1.29 is 17.9 Å². The molecule has 3 rings (SSSR count). The number of nitrogens with one attached hydrogen (secondary N) is 2. The molecule has 0 aliphatic carbocycles. The third-order valence-corrected chi connectivity index (χ3v) is 5.08. The minimum Gasteiger partial charge on any atom is -0.494 e. The molecule has 33 heavy (non-hydrogen) atoms. The van der Waals surface area contributed by atoms with E-state index in [1.54, 1.807) is 24.3 Å². The molecule has 5 nitrogen and oxygen atoms in total. The lowest BCUT2D eigenvalue weighted by Crippen LogP contribution is -2.12. The first-order valence-electron chi connectivity index (χ1n) is 11.2. The summed E-state index contributed by atoms with van der Waals surface area (Å²) in [5.74, 6) is 0.330. The lowest BCUT2D eigenvalue weighted by atomic mass is 10.1. The van der Waals surface area contributed by atoms with Gasteiger partial charge in [-0.25, -0.2) is 4.98 Å². The molecule has 0 saturated carbocycles. The summed E-state index contributed by atoms with van der Waals surface area (Å²) in [6.45, 7) is 4.75. The predicted molar refractivity (Wildman–Crippen MR) is 125 cm³/mol. The van der Waals surface area contributed by atoms with E-state index in [1.165, 1.54) is 0 Å². The highest BCUT2D eigenvalue weighted by molar-refractivity contribution is 5.64. The average molecular weight is 459 g/mol. The number of rotatable bonds is 11. The third-order valence-electron chi connectivity index (χ3n) is 5.08. The summed E-state index contributed by atoms with van der Waals surface area (Å²) in [4.78, 5) is 7.96. The highest BCUT2D eigenvalue weighted by Crippen LogP contribution is 2.35. The number of hydrogen-bond acceptors (Lipinski definition) is 5. The van der Waals surface area contributed by atoms with Crippen molar-refractivity contribution in [2.75, 3.05) is 17.2 Å². The van der Waals surface area contributed by atoms with Gasteiger partial charge in [0.1, 0.15) is 17.1 Å². The Labute approximate surface area is 192 Å². The van der Waals surface area contributed by atoms with Crippen LogP contribution in [-0.4, -0.2) is 16.6 Å². The van der Waals surface area contributed by atoms with Gasteiger partial charge in [0.25, 0.3) is 0 Å². The number of halogens is 3. The van der Waals surface area contributed by atoms with Crippen LogP contribution in [0.5, 0.6) is 5.75 Å². The van der Waals surface area contributed by atoms with E-state index in [2.05, 4.69) is 27.5 Å². The molecule has 0 spiro atoms. The average Bonchev–Trinajstić information content (AvgIpc) is 2.79. The van der Waals surface area contributed by atoms with E-state index >= 15 is 0 Å². The van der Waals surface area contributed by atoms with Crippen molar-refractivity contribution in [3.8, 4) is 5.75 Å². The molecule has 0 bridgehead atoms. The first-order chi connectivity index (χ1) is 15.9. The second-order valence-corrected chi connectivity index (χ2v) is 7.69. The van der Waals surface area contributed by atoms with Crippen molar-refractivity contribution in [1.29, 1.82) is 0 Å². The van der Waals surface area contributed by atoms with Crippen LogP contribution in [0.1, 0.15) is 50.7 Å². The van der Waals surface area contributed by atoms with E-state index in [-0.39, 0.29) is 11.8 Å². The minimum atomic E-state index is -4.60. The standard InChI is InChI=1S/C25H29F3N4O/c1-3-5-6-7-15-33-21-10-8-9-20(16-21)30-23-22(25(26,27)28)17-29-24(32-23)31-19-13-11-18(4-2)12-14-19/h8-14,16-17H,3-7,15H2,1-2H3,(H2,29,30,31,32).